The molecule has 0 spiro atoms. The van der Waals surface area contributed by atoms with Crippen molar-refractivity contribution >= 4 is 23.6 Å². The minimum atomic E-state index is -0.966. The van der Waals surface area contributed by atoms with Crippen LogP contribution >= 0.6 is 11.8 Å². The molecule has 1 heterocycles. The number of carboxylic acid groups (broad SMARTS) is 1. The van der Waals surface area contributed by atoms with Gasteiger partial charge in [0.1, 0.15) is 6.54 Å². The Kier molecular flexibility index (Phi) is 3.14. The Morgan fingerprint density at radius 2 is 2.12 bits per heavy atom. The molecule has 0 bridgehead atoms. The first-order chi connectivity index (χ1) is 7.66. The van der Waals surface area contributed by atoms with Crippen LogP contribution in [0.25, 0.3) is 0 Å². The molecule has 1 unspecified atom stereocenters. The number of hydrogen-bond donors (Lipinski definition) is 1. The fourth-order valence-electron chi connectivity index (χ4n) is 1.52. The topological polar surface area (TPSA) is 57.6 Å². The summed E-state index contributed by atoms with van der Waals surface area (Å²) < 4.78 is 0. The van der Waals surface area contributed by atoms with Gasteiger partial charge in [0.05, 0.1) is 11.8 Å². The van der Waals surface area contributed by atoms with Crippen LogP contribution in [0.3, 0.4) is 0 Å². The van der Waals surface area contributed by atoms with E-state index in [-0.39, 0.29) is 17.8 Å². The summed E-state index contributed by atoms with van der Waals surface area (Å²) in [4.78, 5) is 24.2. The number of amides is 1. The van der Waals surface area contributed by atoms with Crippen molar-refractivity contribution in [2.75, 3.05) is 6.54 Å². The van der Waals surface area contributed by atoms with Gasteiger partial charge in [-0.05, 0) is 12.1 Å². The molecular formula is C11H11NO3S. The largest absolute Gasteiger partial charge is 0.480 e. The number of β-lactam (4-membered cyclic amide) rings is 1. The molecule has 16 heavy (non-hydrogen) atoms. The predicted octanol–water partition coefficient (Wildman–Crippen LogP) is 1.42. The van der Waals surface area contributed by atoms with Gasteiger partial charge in [0.2, 0.25) is 5.91 Å². The van der Waals surface area contributed by atoms with Gasteiger partial charge in [-0.25, -0.2) is 0 Å². The van der Waals surface area contributed by atoms with E-state index in [1.807, 2.05) is 30.3 Å². The quantitative estimate of drug-likeness (QED) is 0.805. The number of likely N-dealkylation sites (tertiary alicyclic amines) is 1. The van der Waals surface area contributed by atoms with Gasteiger partial charge >= 0.3 is 5.97 Å². The lowest BCUT2D eigenvalue weighted by molar-refractivity contribution is -0.151. The molecule has 1 amide bonds. The second kappa shape index (κ2) is 4.57. The number of rotatable bonds is 4. The van der Waals surface area contributed by atoms with Crippen LogP contribution in [-0.2, 0) is 9.59 Å². The Balaban J connectivity index is 1.96. The van der Waals surface area contributed by atoms with E-state index in [0.29, 0.717) is 6.42 Å². The van der Waals surface area contributed by atoms with E-state index in [1.165, 1.54) is 16.7 Å². The minimum absolute atomic E-state index is 0.0361. The van der Waals surface area contributed by atoms with E-state index in [1.54, 1.807) is 0 Å². The molecule has 1 saturated heterocycles. The predicted molar refractivity (Wildman–Crippen MR) is 60.1 cm³/mol. The molecule has 0 aromatic heterocycles. The lowest BCUT2D eigenvalue weighted by Gasteiger charge is -2.38. The number of benzene rings is 1. The highest BCUT2D eigenvalue weighted by Crippen LogP contribution is 2.34. The molecule has 1 aromatic rings. The van der Waals surface area contributed by atoms with E-state index in [9.17, 15) is 9.59 Å². The van der Waals surface area contributed by atoms with Crippen LogP contribution in [0.15, 0.2) is 35.2 Å². The number of aliphatic carboxylic acids is 1. The highest BCUT2D eigenvalue weighted by Gasteiger charge is 2.37. The van der Waals surface area contributed by atoms with Gasteiger partial charge in [-0.1, -0.05) is 18.2 Å². The maximum Gasteiger partial charge on any atom is 0.323 e. The maximum atomic E-state index is 11.2. The van der Waals surface area contributed by atoms with Crippen LogP contribution in [0.4, 0.5) is 0 Å². The smallest absolute Gasteiger partial charge is 0.323 e. The lowest BCUT2D eigenvalue weighted by Crippen LogP contribution is -2.52. The number of carbonyl (C=O) groups is 2. The molecule has 5 heteroatoms. The average molecular weight is 237 g/mol. The molecule has 1 aliphatic rings. The molecular weight excluding hydrogens is 226 g/mol. The Morgan fingerprint density at radius 1 is 1.44 bits per heavy atom. The van der Waals surface area contributed by atoms with Crippen LogP contribution in [0.5, 0.6) is 0 Å². The molecule has 1 fully saturated rings. The molecule has 0 aliphatic carbocycles. The zero-order chi connectivity index (χ0) is 11.5. The third-order valence-electron chi connectivity index (χ3n) is 2.34. The van der Waals surface area contributed by atoms with Gasteiger partial charge in [0, 0.05) is 4.90 Å². The van der Waals surface area contributed by atoms with Crippen molar-refractivity contribution in [2.24, 2.45) is 0 Å². The van der Waals surface area contributed by atoms with Crippen molar-refractivity contribution in [3.8, 4) is 0 Å². The number of nitrogens with zero attached hydrogens (tertiary/aromatic N) is 1. The molecule has 0 radical (unpaired) electrons. The summed E-state index contributed by atoms with van der Waals surface area (Å²) in [6, 6.07) is 9.67. The summed E-state index contributed by atoms with van der Waals surface area (Å²) in [7, 11) is 0. The number of thioether (sulfide) groups is 1. The van der Waals surface area contributed by atoms with Crippen molar-refractivity contribution < 1.29 is 14.7 Å². The summed E-state index contributed by atoms with van der Waals surface area (Å²) >= 11 is 1.53. The summed E-state index contributed by atoms with van der Waals surface area (Å²) in [6.45, 7) is -0.205. The van der Waals surface area contributed by atoms with E-state index in [2.05, 4.69) is 0 Å². The van der Waals surface area contributed by atoms with Crippen LogP contribution in [0, 0.1) is 0 Å². The van der Waals surface area contributed by atoms with Gasteiger partial charge in [-0.3, -0.25) is 9.59 Å². The summed E-state index contributed by atoms with van der Waals surface area (Å²) in [5.74, 6) is -1.05. The Bertz CT molecular complexity index is 407. The summed E-state index contributed by atoms with van der Waals surface area (Å²) in [5, 5.41) is 8.61. The molecule has 1 aromatic carbocycles. The molecule has 1 atom stereocenters. The first-order valence-electron chi connectivity index (χ1n) is 4.90. The van der Waals surface area contributed by atoms with Gasteiger partial charge in [-0.15, -0.1) is 11.8 Å². The van der Waals surface area contributed by atoms with Crippen LogP contribution in [0.2, 0.25) is 0 Å². The van der Waals surface area contributed by atoms with Crippen LogP contribution < -0.4 is 0 Å². The van der Waals surface area contributed by atoms with Crippen molar-refractivity contribution in [3.63, 3.8) is 0 Å². The van der Waals surface area contributed by atoms with Gasteiger partial charge in [0.15, 0.2) is 0 Å². The van der Waals surface area contributed by atoms with E-state index < -0.39 is 5.97 Å². The van der Waals surface area contributed by atoms with E-state index in [4.69, 9.17) is 5.11 Å². The van der Waals surface area contributed by atoms with Crippen molar-refractivity contribution in [3.05, 3.63) is 30.3 Å². The molecule has 1 N–H and O–H groups in total. The SMILES string of the molecule is O=C(O)CN1C(=O)CC1Sc1ccccc1. The van der Waals surface area contributed by atoms with Gasteiger partial charge in [-0.2, -0.15) is 0 Å². The number of carboxylic acids is 1. The summed E-state index contributed by atoms with van der Waals surface area (Å²) in [6.07, 6.45) is 0.423. The van der Waals surface area contributed by atoms with Gasteiger partial charge in [0.25, 0.3) is 0 Å². The second-order valence-electron chi connectivity index (χ2n) is 3.51. The fraction of sp³-hybridized carbons (Fsp3) is 0.273. The van der Waals surface area contributed by atoms with Crippen molar-refractivity contribution in [1.29, 1.82) is 0 Å². The lowest BCUT2D eigenvalue weighted by atomic mass is 10.2. The summed E-state index contributed by atoms with van der Waals surface area (Å²) in [5.41, 5.74) is 0. The van der Waals surface area contributed by atoms with E-state index >= 15 is 0 Å². The molecule has 4 nitrogen and oxygen atoms in total. The molecule has 2 rings (SSSR count). The zero-order valence-corrected chi connectivity index (χ0v) is 9.31. The van der Waals surface area contributed by atoms with Crippen LogP contribution in [-0.4, -0.2) is 33.8 Å². The third-order valence-corrected chi connectivity index (χ3v) is 3.58. The minimum Gasteiger partial charge on any atom is -0.480 e. The fourth-order valence-corrected chi connectivity index (χ4v) is 2.70. The number of carbonyl (C=O) groups excluding carboxylic acids is 1. The maximum absolute atomic E-state index is 11.2. The van der Waals surface area contributed by atoms with E-state index in [0.717, 1.165) is 4.90 Å². The number of hydrogen-bond acceptors (Lipinski definition) is 3. The van der Waals surface area contributed by atoms with Crippen molar-refractivity contribution in [2.45, 2.75) is 16.7 Å². The normalized spacial score (nSPS) is 19.4. The third kappa shape index (κ3) is 2.36. The Hall–Kier alpha value is -1.49. The second-order valence-corrected chi connectivity index (χ2v) is 4.76. The van der Waals surface area contributed by atoms with Crippen LogP contribution in [0.1, 0.15) is 6.42 Å². The highest BCUT2D eigenvalue weighted by molar-refractivity contribution is 8.00. The zero-order valence-electron chi connectivity index (χ0n) is 8.50. The standard InChI is InChI=1S/C11H11NO3S/c13-9-6-10(12(9)7-11(14)15)16-8-4-2-1-3-5-8/h1-5,10H,6-7H2,(H,14,15). The van der Waals surface area contributed by atoms with Gasteiger partial charge < -0.3 is 10.0 Å². The Morgan fingerprint density at radius 3 is 2.69 bits per heavy atom. The molecule has 1 aliphatic heterocycles. The molecule has 0 saturated carbocycles. The Labute approximate surface area is 97.3 Å². The first kappa shape index (κ1) is 11.0. The first-order valence-corrected chi connectivity index (χ1v) is 5.78. The monoisotopic (exact) mass is 237 g/mol. The highest BCUT2D eigenvalue weighted by atomic mass is 32.2. The van der Waals surface area contributed by atoms with Crippen molar-refractivity contribution in [1.82, 2.24) is 4.90 Å². The average Bonchev–Trinajstić information content (AvgIpc) is 2.27. The molecule has 84 valence electrons.